The fraction of sp³-hybridized carbons (Fsp3) is 0.333. The highest BCUT2D eigenvalue weighted by molar-refractivity contribution is 7.14. The van der Waals surface area contributed by atoms with Crippen LogP contribution < -0.4 is 15.8 Å². The Morgan fingerprint density at radius 3 is 2.80 bits per heavy atom. The molecule has 0 aliphatic rings. The van der Waals surface area contributed by atoms with Gasteiger partial charge in [-0.3, -0.25) is 9.59 Å². The van der Waals surface area contributed by atoms with Gasteiger partial charge in [0.2, 0.25) is 5.91 Å². The quantitative estimate of drug-likeness (QED) is 0.719. The predicted octanol–water partition coefficient (Wildman–Crippen LogP) is 2.49. The van der Waals surface area contributed by atoms with Crippen LogP contribution in [0.2, 0.25) is 0 Å². The Kier molecular flexibility index (Phi) is 6.97. The first-order valence-electron chi connectivity index (χ1n) is 8.01. The van der Waals surface area contributed by atoms with Crippen molar-refractivity contribution in [3.63, 3.8) is 0 Å². The summed E-state index contributed by atoms with van der Waals surface area (Å²) >= 11 is 1.29. The number of carbonyl (C=O) groups excluding carboxylic acids is 2. The molecule has 0 radical (unpaired) electrons. The SMILES string of the molecule is Cc1cccc(OCCN(C)CCC(=O)Nc2sccc2C(N)=O)c1. The first-order chi connectivity index (χ1) is 12.0. The van der Waals surface area contributed by atoms with Crippen molar-refractivity contribution in [2.24, 2.45) is 5.73 Å². The number of carbonyl (C=O) groups is 2. The van der Waals surface area contributed by atoms with Crippen LogP contribution >= 0.6 is 11.3 Å². The molecule has 0 saturated heterocycles. The lowest BCUT2D eigenvalue weighted by molar-refractivity contribution is -0.116. The Labute approximate surface area is 151 Å². The largest absolute Gasteiger partial charge is 0.492 e. The summed E-state index contributed by atoms with van der Waals surface area (Å²) in [7, 11) is 1.94. The van der Waals surface area contributed by atoms with Crippen molar-refractivity contribution in [1.29, 1.82) is 0 Å². The average molecular weight is 361 g/mol. The third kappa shape index (κ3) is 6.21. The summed E-state index contributed by atoms with van der Waals surface area (Å²) in [6.45, 7) is 3.89. The lowest BCUT2D eigenvalue weighted by Gasteiger charge is -2.16. The highest BCUT2D eigenvalue weighted by Crippen LogP contribution is 2.22. The topological polar surface area (TPSA) is 84.7 Å². The third-order valence-electron chi connectivity index (χ3n) is 3.64. The van der Waals surface area contributed by atoms with Crippen molar-refractivity contribution in [2.75, 3.05) is 32.1 Å². The minimum Gasteiger partial charge on any atom is -0.492 e. The summed E-state index contributed by atoms with van der Waals surface area (Å²) in [5.74, 6) is 0.168. The summed E-state index contributed by atoms with van der Waals surface area (Å²) in [6.07, 6.45) is 0.330. The lowest BCUT2D eigenvalue weighted by atomic mass is 10.2. The minimum absolute atomic E-state index is 0.142. The molecular weight excluding hydrogens is 338 g/mol. The number of primary amides is 1. The van der Waals surface area contributed by atoms with E-state index in [1.165, 1.54) is 11.3 Å². The molecule has 3 N–H and O–H groups in total. The van der Waals surface area contributed by atoms with E-state index in [1.54, 1.807) is 11.4 Å². The van der Waals surface area contributed by atoms with Crippen LogP contribution in [-0.4, -0.2) is 43.5 Å². The molecule has 134 valence electrons. The second kappa shape index (κ2) is 9.19. The van der Waals surface area contributed by atoms with E-state index in [0.717, 1.165) is 11.3 Å². The van der Waals surface area contributed by atoms with Crippen molar-refractivity contribution < 1.29 is 14.3 Å². The zero-order valence-electron chi connectivity index (χ0n) is 14.5. The summed E-state index contributed by atoms with van der Waals surface area (Å²) in [4.78, 5) is 25.3. The molecule has 1 aromatic heterocycles. The van der Waals surface area contributed by atoms with E-state index in [9.17, 15) is 9.59 Å². The molecular formula is C18H23N3O3S. The van der Waals surface area contributed by atoms with Crippen molar-refractivity contribution in [3.05, 3.63) is 46.8 Å². The van der Waals surface area contributed by atoms with Gasteiger partial charge in [0.25, 0.3) is 5.91 Å². The summed E-state index contributed by atoms with van der Waals surface area (Å²) in [5.41, 5.74) is 6.77. The van der Waals surface area contributed by atoms with E-state index in [2.05, 4.69) is 5.32 Å². The molecule has 2 rings (SSSR count). The molecule has 2 amide bonds. The third-order valence-corrected chi connectivity index (χ3v) is 4.47. The molecule has 0 atom stereocenters. The van der Waals surface area contributed by atoms with Gasteiger partial charge >= 0.3 is 0 Å². The number of benzene rings is 1. The Morgan fingerprint density at radius 2 is 2.08 bits per heavy atom. The van der Waals surface area contributed by atoms with Gasteiger partial charge in [0, 0.05) is 19.5 Å². The van der Waals surface area contributed by atoms with Gasteiger partial charge in [-0.2, -0.15) is 0 Å². The van der Waals surface area contributed by atoms with Gasteiger partial charge < -0.3 is 20.7 Å². The van der Waals surface area contributed by atoms with Gasteiger partial charge in [0.15, 0.2) is 0 Å². The Morgan fingerprint density at radius 1 is 1.28 bits per heavy atom. The number of nitrogens with one attached hydrogen (secondary N) is 1. The molecule has 1 aromatic carbocycles. The van der Waals surface area contributed by atoms with Crippen molar-refractivity contribution in [3.8, 4) is 5.75 Å². The molecule has 0 bridgehead atoms. The van der Waals surface area contributed by atoms with Crippen molar-refractivity contribution in [1.82, 2.24) is 4.90 Å². The second-order valence-electron chi connectivity index (χ2n) is 5.79. The number of aryl methyl sites for hydroxylation is 1. The van der Waals surface area contributed by atoms with E-state index in [0.29, 0.717) is 36.7 Å². The Balaban J connectivity index is 1.68. The number of likely N-dealkylation sites (N-methyl/N-ethyl adjacent to an activating group) is 1. The fourth-order valence-electron chi connectivity index (χ4n) is 2.22. The number of nitrogens with zero attached hydrogens (tertiary/aromatic N) is 1. The van der Waals surface area contributed by atoms with E-state index < -0.39 is 5.91 Å². The number of amides is 2. The molecule has 6 nitrogen and oxygen atoms in total. The lowest BCUT2D eigenvalue weighted by Crippen LogP contribution is -2.28. The van der Waals surface area contributed by atoms with Crippen LogP contribution in [-0.2, 0) is 4.79 Å². The fourth-order valence-corrected chi connectivity index (χ4v) is 3.03. The van der Waals surface area contributed by atoms with Crippen LogP contribution in [0.1, 0.15) is 22.3 Å². The molecule has 1 heterocycles. The van der Waals surface area contributed by atoms with Gasteiger partial charge in [0.05, 0.1) is 5.56 Å². The molecule has 0 aliphatic carbocycles. The predicted molar refractivity (Wildman–Crippen MR) is 100 cm³/mol. The van der Waals surface area contributed by atoms with Crippen LogP contribution in [0.4, 0.5) is 5.00 Å². The van der Waals surface area contributed by atoms with Gasteiger partial charge in [-0.05, 0) is 43.1 Å². The molecule has 2 aromatic rings. The second-order valence-corrected chi connectivity index (χ2v) is 6.71. The summed E-state index contributed by atoms with van der Waals surface area (Å²) in [5, 5.41) is 4.97. The number of ether oxygens (including phenoxy) is 1. The minimum atomic E-state index is -0.540. The Hall–Kier alpha value is -2.38. The van der Waals surface area contributed by atoms with Crippen LogP contribution in [0.15, 0.2) is 35.7 Å². The van der Waals surface area contributed by atoms with Crippen molar-refractivity contribution in [2.45, 2.75) is 13.3 Å². The van der Waals surface area contributed by atoms with Crippen LogP contribution in [0.5, 0.6) is 5.75 Å². The Bertz CT molecular complexity index is 730. The molecule has 0 fully saturated rings. The zero-order valence-corrected chi connectivity index (χ0v) is 15.3. The molecule has 7 heteroatoms. The van der Waals surface area contributed by atoms with Gasteiger partial charge in [0.1, 0.15) is 17.4 Å². The molecule has 0 aliphatic heterocycles. The average Bonchev–Trinajstić information content (AvgIpc) is 3.01. The maximum atomic E-state index is 12.0. The molecule has 0 spiro atoms. The highest BCUT2D eigenvalue weighted by atomic mass is 32.1. The number of nitrogens with two attached hydrogens (primary N) is 1. The number of anilines is 1. The van der Waals surface area contributed by atoms with Crippen LogP contribution in [0.25, 0.3) is 0 Å². The van der Waals surface area contributed by atoms with E-state index in [-0.39, 0.29) is 5.91 Å². The van der Waals surface area contributed by atoms with Gasteiger partial charge in [-0.25, -0.2) is 0 Å². The maximum Gasteiger partial charge on any atom is 0.251 e. The number of thiophene rings is 1. The van der Waals surface area contributed by atoms with E-state index >= 15 is 0 Å². The van der Waals surface area contributed by atoms with Gasteiger partial charge in [-0.15, -0.1) is 11.3 Å². The highest BCUT2D eigenvalue weighted by Gasteiger charge is 2.12. The number of rotatable bonds is 9. The zero-order chi connectivity index (χ0) is 18.2. The monoisotopic (exact) mass is 361 g/mol. The van der Waals surface area contributed by atoms with Gasteiger partial charge in [-0.1, -0.05) is 12.1 Å². The first-order valence-corrected chi connectivity index (χ1v) is 8.89. The number of hydrogen-bond acceptors (Lipinski definition) is 5. The number of hydrogen-bond donors (Lipinski definition) is 2. The van der Waals surface area contributed by atoms with E-state index in [4.69, 9.17) is 10.5 Å². The van der Waals surface area contributed by atoms with Crippen LogP contribution in [0.3, 0.4) is 0 Å². The van der Waals surface area contributed by atoms with Crippen LogP contribution in [0, 0.1) is 6.92 Å². The van der Waals surface area contributed by atoms with Crippen molar-refractivity contribution >= 4 is 28.2 Å². The first kappa shape index (κ1) is 19.0. The summed E-state index contributed by atoms with van der Waals surface area (Å²) < 4.78 is 5.70. The standard InChI is InChI=1S/C18H23N3O3S/c1-13-4-3-5-14(12-13)24-10-9-21(2)8-6-16(22)20-18-15(17(19)23)7-11-25-18/h3-5,7,11-12H,6,8-10H2,1-2H3,(H2,19,23)(H,20,22). The maximum absolute atomic E-state index is 12.0. The molecule has 0 unspecified atom stereocenters. The molecule has 0 saturated carbocycles. The smallest absolute Gasteiger partial charge is 0.251 e. The summed E-state index contributed by atoms with van der Waals surface area (Å²) in [6, 6.07) is 9.51. The normalized spacial score (nSPS) is 10.7. The van der Waals surface area contributed by atoms with E-state index in [1.807, 2.05) is 43.1 Å². The molecule has 25 heavy (non-hydrogen) atoms.